The van der Waals surface area contributed by atoms with Crippen LogP contribution >= 0.6 is 0 Å². The number of fused-ring (bicyclic) bond motifs is 1. The maximum Gasteiger partial charge on any atom is 0.181 e. The maximum atomic E-state index is 6.05. The third kappa shape index (κ3) is 1.75. The summed E-state index contributed by atoms with van der Waals surface area (Å²) in [5, 5.41) is 0. The van der Waals surface area contributed by atoms with Crippen LogP contribution < -0.4 is 5.73 Å². The van der Waals surface area contributed by atoms with Crippen LogP contribution in [0.4, 0.5) is 0 Å². The first kappa shape index (κ1) is 8.92. The fourth-order valence-corrected chi connectivity index (χ4v) is 1.86. The fraction of sp³-hybridized carbons (Fsp3) is 0.417. The molecule has 0 saturated heterocycles. The minimum absolute atomic E-state index is 0.138. The smallest absolute Gasteiger partial charge is 0.181 e. The molecule has 3 rings (SSSR count). The topological polar surface area (TPSA) is 52.0 Å². The molecule has 2 aromatic rings. The summed E-state index contributed by atoms with van der Waals surface area (Å²) < 4.78 is 5.19. The molecule has 0 aliphatic heterocycles. The van der Waals surface area contributed by atoms with Crippen molar-refractivity contribution in [1.82, 2.24) is 4.98 Å². The monoisotopic (exact) mass is 202 g/mol. The molecule has 0 atom stereocenters. The SMILES string of the molecule is NC1(CCc2ccc3ocnc3c2)CC1. The predicted molar refractivity (Wildman–Crippen MR) is 58.5 cm³/mol. The van der Waals surface area contributed by atoms with Gasteiger partial charge in [0.15, 0.2) is 12.0 Å². The van der Waals surface area contributed by atoms with Crippen molar-refractivity contribution in [2.24, 2.45) is 5.73 Å². The lowest BCUT2D eigenvalue weighted by molar-refractivity contribution is 0.601. The van der Waals surface area contributed by atoms with Gasteiger partial charge in [0.2, 0.25) is 0 Å². The highest BCUT2D eigenvalue weighted by Crippen LogP contribution is 2.36. The maximum absolute atomic E-state index is 6.05. The standard InChI is InChI=1S/C12H14N2O/c13-12(5-6-12)4-3-9-1-2-11-10(7-9)14-8-15-11/h1-2,7-8H,3-6,13H2. The van der Waals surface area contributed by atoms with Crippen molar-refractivity contribution in [3.05, 3.63) is 30.2 Å². The second-order valence-corrected chi connectivity index (χ2v) is 4.52. The summed E-state index contributed by atoms with van der Waals surface area (Å²) in [4.78, 5) is 4.14. The van der Waals surface area contributed by atoms with Crippen molar-refractivity contribution in [1.29, 1.82) is 0 Å². The average molecular weight is 202 g/mol. The Bertz CT molecular complexity index is 485. The zero-order chi connectivity index (χ0) is 10.3. The van der Waals surface area contributed by atoms with E-state index < -0.39 is 0 Å². The number of hydrogen-bond acceptors (Lipinski definition) is 3. The minimum Gasteiger partial charge on any atom is -0.443 e. The van der Waals surface area contributed by atoms with Crippen molar-refractivity contribution in [2.75, 3.05) is 0 Å². The summed E-state index contributed by atoms with van der Waals surface area (Å²) in [6, 6.07) is 6.16. The van der Waals surface area contributed by atoms with E-state index in [1.807, 2.05) is 6.07 Å². The Balaban J connectivity index is 1.78. The summed E-state index contributed by atoms with van der Waals surface area (Å²) >= 11 is 0. The predicted octanol–water partition coefficient (Wildman–Crippen LogP) is 2.25. The number of aryl methyl sites for hydroxylation is 1. The highest BCUT2D eigenvalue weighted by molar-refractivity contribution is 5.72. The number of hydrogen-bond donors (Lipinski definition) is 1. The largest absolute Gasteiger partial charge is 0.443 e. The van der Waals surface area contributed by atoms with Gasteiger partial charge in [-0.05, 0) is 43.4 Å². The van der Waals surface area contributed by atoms with Crippen LogP contribution in [0.15, 0.2) is 29.0 Å². The van der Waals surface area contributed by atoms with Gasteiger partial charge >= 0.3 is 0 Å². The van der Waals surface area contributed by atoms with Gasteiger partial charge in [-0.3, -0.25) is 0 Å². The summed E-state index contributed by atoms with van der Waals surface area (Å²) in [7, 11) is 0. The molecule has 3 heteroatoms. The first-order valence-corrected chi connectivity index (χ1v) is 5.36. The molecule has 1 aliphatic rings. The van der Waals surface area contributed by atoms with Crippen molar-refractivity contribution in [3.63, 3.8) is 0 Å². The van der Waals surface area contributed by atoms with Crippen LogP contribution in [0, 0.1) is 0 Å². The molecule has 78 valence electrons. The Labute approximate surface area is 88.3 Å². The highest BCUT2D eigenvalue weighted by atomic mass is 16.3. The molecule has 0 bridgehead atoms. The van der Waals surface area contributed by atoms with E-state index >= 15 is 0 Å². The zero-order valence-corrected chi connectivity index (χ0v) is 8.57. The molecule has 1 aliphatic carbocycles. The van der Waals surface area contributed by atoms with Gasteiger partial charge in [-0.2, -0.15) is 0 Å². The van der Waals surface area contributed by atoms with E-state index in [-0.39, 0.29) is 5.54 Å². The van der Waals surface area contributed by atoms with Gasteiger partial charge in [0.05, 0.1) is 0 Å². The van der Waals surface area contributed by atoms with E-state index in [9.17, 15) is 0 Å². The molecule has 1 fully saturated rings. The quantitative estimate of drug-likeness (QED) is 0.830. The third-order valence-electron chi connectivity index (χ3n) is 3.20. The van der Waals surface area contributed by atoms with Crippen LogP contribution in [0.2, 0.25) is 0 Å². The molecule has 0 amide bonds. The normalized spacial score (nSPS) is 18.2. The molecule has 2 N–H and O–H groups in total. The first-order valence-electron chi connectivity index (χ1n) is 5.36. The van der Waals surface area contributed by atoms with Crippen molar-refractivity contribution in [3.8, 4) is 0 Å². The van der Waals surface area contributed by atoms with Gasteiger partial charge in [0.1, 0.15) is 5.52 Å². The Kier molecular flexibility index (Phi) is 1.83. The van der Waals surface area contributed by atoms with Gasteiger partial charge in [0, 0.05) is 5.54 Å². The summed E-state index contributed by atoms with van der Waals surface area (Å²) in [5.74, 6) is 0. The Morgan fingerprint density at radius 3 is 3.07 bits per heavy atom. The van der Waals surface area contributed by atoms with Crippen LogP contribution in [-0.2, 0) is 6.42 Å². The van der Waals surface area contributed by atoms with Crippen LogP contribution in [0.1, 0.15) is 24.8 Å². The summed E-state index contributed by atoms with van der Waals surface area (Å²) in [6.07, 6.45) is 5.97. The average Bonchev–Trinajstić information content (AvgIpc) is 2.80. The van der Waals surface area contributed by atoms with E-state index in [1.54, 1.807) is 0 Å². The van der Waals surface area contributed by atoms with E-state index in [0.29, 0.717) is 0 Å². The number of nitrogens with two attached hydrogens (primary N) is 1. The molecule has 15 heavy (non-hydrogen) atoms. The van der Waals surface area contributed by atoms with E-state index in [4.69, 9.17) is 10.2 Å². The lowest BCUT2D eigenvalue weighted by Crippen LogP contribution is -2.22. The molecular formula is C12H14N2O. The van der Waals surface area contributed by atoms with Crippen molar-refractivity contribution in [2.45, 2.75) is 31.2 Å². The van der Waals surface area contributed by atoms with E-state index in [2.05, 4.69) is 17.1 Å². The third-order valence-corrected chi connectivity index (χ3v) is 3.20. The van der Waals surface area contributed by atoms with Crippen LogP contribution in [0.5, 0.6) is 0 Å². The van der Waals surface area contributed by atoms with Crippen LogP contribution in [0.3, 0.4) is 0 Å². The van der Waals surface area contributed by atoms with Gasteiger partial charge in [0.25, 0.3) is 0 Å². The molecule has 1 heterocycles. The van der Waals surface area contributed by atoms with Gasteiger partial charge in [-0.15, -0.1) is 0 Å². The second-order valence-electron chi connectivity index (χ2n) is 4.52. The Morgan fingerprint density at radius 2 is 2.27 bits per heavy atom. The van der Waals surface area contributed by atoms with E-state index in [0.717, 1.165) is 23.9 Å². The zero-order valence-electron chi connectivity index (χ0n) is 8.57. The van der Waals surface area contributed by atoms with Crippen molar-refractivity contribution < 1.29 is 4.42 Å². The first-order chi connectivity index (χ1) is 7.25. The van der Waals surface area contributed by atoms with E-state index in [1.165, 1.54) is 24.8 Å². The fourth-order valence-electron chi connectivity index (χ4n) is 1.86. The van der Waals surface area contributed by atoms with Crippen LogP contribution in [-0.4, -0.2) is 10.5 Å². The Hall–Kier alpha value is -1.35. The molecule has 3 nitrogen and oxygen atoms in total. The number of oxazole rings is 1. The highest BCUT2D eigenvalue weighted by Gasteiger charge is 2.37. The van der Waals surface area contributed by atoms with Gasteiger partial charge < -0.3 is 10.2 Å². The molecule has 0 radical (unpaired) electrons. The number of benzene rings is 1. The molecular weight excluding hydrogens is 188 g/mol. The number of nitrogens with zero attached hydrogens (tertiary/aromatic N) is 1. The molecule has 1 aromatic carbocycles. The van der Waals surface area contributed by atoms with Gasteiger partial charge in [-0.25, -0.2) is 4.98 Å². The molecule has 1 saturated carbocycles. The minimum atomic E-state index is 0.138. The number of rotatable bonds is 3. The molecule has 1 aromatic heterocycles. The Morgan fingerprint density at radius 1 is 1.40 bits per heavy atom. The lowest BCUT2D eigenvalue weighted by atomic mass is 10.0. The lowest BCUT2D eigenvalue weighted by Gasteiger charge is -2.07. The number of aromatic nitrogens is 1. The van der Waals surface area contributed by atoms with Gasteiger partial charge in [-0.1, -0.05) is 6.07 Å². The summed E-state index contributed by atoms with van der Waals surface area (Å²) in [5.41, 5.74) is 9.28. The van der Waals surface area contributed by atoms with Crippen molar-refractivity contribution >= 4 is 11.1 Å². The molecule has 0 unspecified atom stereocenters. The van der Waals surface area contributed by atoms with Crippen LogP contribution in [0.25, 0.3) is 11.1 Å². The molecule has 0 spiro atoms. The summed E-state index contributed by atoms with van der Waals surface area (Å²) in [6.45, 7) is 0. The second kappa shape index (κ2) is 3.07.